The van der Waals surface area contributed by atoms with Gasteiger partial charge in [0.05, 0.1) is 17.5 Å². The summed E-state index contributed by atoms with van der Waals surface area (Å²) < 4.78 is 7.61. The third-order valence-electron chi connectivity index (χ3n) is 5.30. The van der Waals surface area contributed by atoms with E-state index in [0.717, 1.165) is 11.1 Å². The minimum absolute atomic E-state index is 0.269. The van der Waals surface area contributed by atoms with Gasteiger partial charge in [-0.2, -0.15) is 4.68 Å². The summed E-state index contributed by atoms with van der Waals surface area (Å²) in [5, 5.41) is 18.0. The van der Waals surface area contributed by atoms with Crippen LogP contribution >= 0.6 is 0 Å². The molecule has 1 aliphatic rings. The lowest BCUT2D eigenvalue weighted by atomic mass is 9.95. The van der Waals surface area contributed by atoms with Crippen LogP contribution in [0.25, 0.3) is 0 Å². The van der Waals surface area contributed by atoms with Crippen LogP contribution in [0.2, 0.25) is 0 Å². The van der Waals surface area contributed by atoms with Crippen molar-refractivity contribution >= 4 is 17.5 Å². The van der Waals surface area contributed by atoms with E-state index in [-0.39, 0.29) is 5.91 Å². The third-order valence-corrected chi connectivity index (χ3v) is 5.30. The van der Waals surface area contributed by atoms with Crippen molar-refractivity contribution in [1.29, 1.82) is 0 Å². The van der Waals surface area contributed by atoms with Gasteiger partial charge in [0.2, 0.25) is 5.95 Å². The summed E-state index contributed by atoms with van der Waals surface area (Å²) in [6.45, 7) is 2.27. The van der Waals surface area contributed by atoms with E-state index < -0.39 is 6.04 Å². The fraction of sp³-hybridized carbons (Fsp3) is 0.125. The molecule has 2 N–H and O–H groups in total. The second-order valence-corrected chi connectivity index (χ2v) is 7.56. The Kier molecular flexibility index (Phi) is 5.50. The number of pyridine rings is 1. The molecule has 0 radical (unpaired) electrons. The topological polar surface area (TPSA) is 107 Å². The van der Waals surface area contributed by atoms with Crippen LogP contribution in [0, 0.1) is 0 Å². The van der Waals surface area contributed by atoms with Crippen molar-refractivity contribution in [3.63, 3.8) is 0 Å². The van der Waals surface area contributed by atoms with E-state index in [4.69, 9.17) is 4.74 Å². The van der Waals surface area contributed by atoms with Gasteiger partial charge in [0.1, 0.15) is 18.4 Å². The number of carbonyl (C=O) groups excluding carboxylic acids is 1. The largest absolute Gasteiger partial charge is 0.489 e. The third kappa shape index (κ3) is 4.29. The molecule has 1 atom stereocenters. The fourth-order valence-corrected chi connectivity index (χ4v) is 3.77. The molecule has 0 spiro atoms. The van der Waals surface area contributed by atoms with E-state index in [9.17, 15) is 4.79 Å². The van der Waals surface area contributed by atoms with E-state index in [1.165, 1.54) is 0 Å². The van der Waals surface area contributed by atoms with E-state index in [1.807, 2.05) is 61.5 Å². The number of aromatic nitrogens is 5. The molecule has 1 aliphatic heterocycles. The van der Waals surface area contributed by atoms with Crippen molar-refractivity contribution in [2.24, 2.45) is 0 Å². The molecule has 2 aromatic heterocycles. The highest BCUT2D eigenvalue weighted by Crippen LogP contribution is 2.36. The van der Waals surface area contributed by atoms with Crippen molar-refractivity contribution < 1.29 is 9.53 Å². The molecule has 9 heteroatoms. The Morgan fingerprint density at radius 3 is 2.82 bits per heavy atom. The first-order valence-electron chi connectivity index (χ1n) is 10.4. The number of anilines is 2. The SMILES string of the molecule is CC1=C(C(=O)Nc2cccnc2)[C@@H](c2cccc(OCc3ccccc3)c2)n2nnnc2N1. The van der Waals surface area contributed by atoms with Gasteiger partial charge in [0.25, 0.3) is 5.91 Å². The van der Waals surface area contributed by atoms with Crippen LogP contribution in [0.5, 0.6) is 5.75 Å². The molecule has 0 fully saturated rings. The van der Waals surface area contributed by atoms with Gasteiger partial charge in [-0.3, -0.25) is 9.78 Å². The highest BCUT2D eigenvalue weighted by atomic mass is 16.5. The summed E-state index contributed by atoms with van der Waals surface area (Å²) in [7, 11) is 0. The van der Waals surface area contributed by atoms with Crippen LogP contribution in [0.3, 0.4) is 0 Å². The summed E-state index contributed by atoms with van der Waals surface area (Å²) in [6.07, 6.45) is 3.25. The predicted octanol–water partition coefficient (Wildman–Crippen LogP) is 3.57. The highest BCUT2D eigenvalue weighted by molar-refractivity contribution is 6.05. The van der Waals surface area contributed by atoms with Crippen LogP contribution in [-0.2, 0) is 11.4 Å². The predicted molar refractivity (Wildman–Crippen MR) is 122 cm³/mol. The van der Waals surface area contributed by atoms with E-state index in [0.29, 0.717) is 35.3 Å². The monoisotopic (exact) mass is 439 g/mol. The molecule has 2 aromatic carbocycles. The summed E-state index contributed by atoms with van der Waals surface area (Å²) in [6, 6.07) is 20.6. The molecular formula is C24H21N7O2. The maximum absolute atomic E-state index is 13.3. The van der Waals surface area contributed by atoms with Gasteiger partial charge in [0, 0.05) is 11.9 Å². The molecule has 0 aliphatic carbocycles. The second kappa shape index (κ2) is 8.91. The van der Waals surface area contributed by atoms with Gasteiger partial charge in [0.15, 0.2) is 0 Å². The van der Waals surface area contributed by atoms with Gasteiger partial charge >= 0.3 is 0 Å². The number of nitrogens with zero attached hydrogens (tertiary/aromatic N) is 5. The fourth-order valence-electron chi connectivity index (χ4n) is 3.77. The number of benzene rings is 2. The number of rotatable bonds is 6. The number of hydrogen-bond donors (Lipinski definition) is 2. The maximum atomic E-state index is 13.3. The quantitative estimate of drug-likeness (QED) is 0.473. The zero-order valence-corrected chi connectivity index (χ0v) is 17.8. The average Bonchev–Trinajstić information content (AvgIpc) is 3.31. The number of hydrogen-bond acceptors (Lipinski definition) is 7. The number of fused-ring (bicyclic) bond motifs is 1. The molecule has 4 aromatic rings. The van der Waals surface area contributed by atoms with Crippen LogP contribution in [0.1, 0.15) is 24.1 Å². The highest BCUT2D eigenvalue weighted by Gasteiger charge is 2.34. The smallest absolute Gasteiger partial charge is 0.255 e. The number of amides is 1. The molecule has 0 unspecified atom stereocenters. The molecule has 1 amide bonds. The number of nitrogens with one attached hydrogen (secondary N) is 2. The molecule has 3 heterocycles. The van der Waals surface area contributed by atoms with Gasteiger partial charge in [-0.05, 0) is 52.7 Å². The second-order valence-electron chi connectivity index (χ2n) is 7.56. The summed E-state index contributed by atoms with van der Waals surface area (Å²) >= 11 is 0. The number of allylic oxidation sites excluding steroid dienone is 1. The molecule has 164 valence electrons. The Morgan fingerprint density at radius 2 is 2.00 bits per heavy atom. The Morgan fingerprint density at radius 1 is 1.12 bits per heavy atom. The number of tetrazole rings is 1. The zero-order chi connectivity index (χ0) is 22.6. The minimum atomic E-state index is -0.534. The molecule has 9 nitrogen and oxygen atoms in total. The average molecular weight is 439 g/mol. The molecule has 0 saturated heterocycles. The lowest BCUT2D eigenvalue weighted by Crippen LogP contribution is -2.31. The Labute approximate surface area is 190 Å². The first-order chi connectivity index (χ1) is 16.2. The lowest BCUT2D eigenvalue weighted by molar-refractivity contribution is -0.113. The summed E-state index contributed by atoms with van der Waals surface area (Å²) in [5.41, 5.74) is 3.66. The number of ether oxygens (including phenoxy) is 1. The Balaban J connectivity index is 1.47. The van der Waals surface area contributed by atoms with Crippen LogP contribution in [0.4, 0.5) is 11.6 Å². The maximum Gasteiger partial charge on any atom is 0.255 e. The lowest BCUT2D eigenvalue weighted by Gasteiger charge is -2.28. The van der Waals surface area contributed by atoms with Crippen molar-refractivity contribution in [1.82, 2.24) is 25.2 Å². The summed E-state index contributed by atoms with van der Waals surface area (Å²) in [4.78, 5) is 17.4. The molecular weight excluding hydrogens is 418 g/mol. The molecule has 33 heavy (non-hydrogen) atoms. The first kappa shape index (κ1) is 20.4. The van der Waals surface area contributed by atoms with Crippen molar-refractivity contribution in [3.8, 4) is 5.75 Å². The van der Waals surface area contributed by atoms with Crippen LogP contribution < -0.4 is 15.4 Å². The van der Waals surface area contributed by atoms with Crippen molar-refractivity contribution in [3.05, 3.63) is 102 Å². The Bertz CT molecular complexity index is 1300. The van der Waals surface area contributed by atoms with Gasteiger partial charge < -0.3 is 15.4 Å². The van der Waals surface area contributed by atoms with E-state index in [1.54, 1.807) is 29.2 Å². The van der Waals surface area contributed by atoms with Crippen molar-refractivity contribution in [2.45, 2.75) is 19.6 Å². The van der Waals surface area contributed by atoms with Gasteiger partial charge in [-0.25, -0.2) is 0 Å². The summed E-state index contributed by atoms with van der Waals surface area (Å²) in [5.74, 6) is 0.884. The number of carbonyl (C=O) groups is 1. The van der Waals surface area contributed by atoms with Crippen molar-refractivity contribution in [2.75, 3.05) is 10.6 Å². The van der Waals surface area contributed by atoms with Crippen LogP contribution in [-0.4, -0.2) is 31.1 Å². The Hall–Kier alpha value is -4.53. The molecule has 5 rings (SSSR count). The van der Waals surface area contributed by atoms with Gasteiger partial charge in [-0.1, -0.05) is 47.6 Å². The first-order valence-corrected chi connectivity index (χ1v) is 10.4. The normalized spacial score (nSPS) is 14.9. The minimum Gasteiger partial charge on any atom is -0.489 e. The molecule has 0 saturated carbocycles. The molecule has 0 bridgehead atoms. The standard InChI is InChI=1S/C24H21N7O2/c1-16-21(23(32)27-19-10-6-12-25-14-19)22(31-24(26-16)28-29-30-31)18-9-5-11-20(13-18)33-15-17-7-3-2-4-8-17/h2-14,22H,15H2,1H3,(H,27,32)(H,26,28,30)/t22-/m1/s1. The van der Waals surface area contributed by atoms with Gasteiger partial charge in [-0.15, -0.1) is 0 Å². The zero-order valence-electron chi connectivity index (χ0n) is 17.8. The van der Waals surface area contributed by atoms with E-state index in [2.05, 4.69) is 31.1 Å². The van der Waals surface area contributed by atoms with Crippen LogP contribution in [0.15, 0.2) is 90.4 Å². The van der Waals surface area contributed by atoms with E-state index >= 15 is 0 Å².